The van der Waals surface area contributed by atoms with Crippen molar-refractivity contribution in [3.8, 4) is 0 Å². The fraction of sp³-hybridized carbons (Fsp3) is 0.447. The Labute approximate surface area is 286 Å². The second kappa shape index (κ2) is 15.7. The van der Waals surface area contributed by atoms with Crippen molar-refractivity contribution in [3.63, 3.8) is 0 Å². The Kier molecular flexibility index (Phi) is 12.9. The van der Waals surface area contributed by atoms with Crippen LogP contribution in [-0.4, -0.2) is 55.2 Å². The first-order valence-electron chi connectivity index (χ1n) is 16.3. The summed E-state index contributed by atoms with van der Waals surface area (Å²) < 4.78 is 68.6. The summed E-state index contributed by atoms with van der Waals surface area (Å²) in [5.41, 5.74) is -3.69. The number of ether oxygens (including phenoxy) is 2. The van der Waals surface area contributed by atoms with Crippen LogP contribution in [0, 0.1) is 0 Å². The van der Waals surface area contributed by atoms with Crippen LogP contribution in [0.5, 0.6) is 0 Å². The summed E-state index contributed by atoms with van der Waals surface area (Å²) in [4.78, 5) is 13.8. The van der Waals surface area contributed by atoms with E-state index < -0.39 is 45.5 Å². The predicted molar refractivity (Wildman–Crippen MR) is 192 cm³/mol. The Balaban J connectivity index is 2.04. The fourth-order valence-corrected chi connectivity index (χ4v) is 11.1. The molecular weight excluding hydrogens is 650 g/mol. The lowest BCUT2D eigenvalue weighted by Crippen LogP contribution is -2.67. The molecule has 0 amide bonds. The predicted octanol–water partition coefficient (Wildman–Crippen LogP) is 8.55. The van der Waals surface area contributed by atoms with Gasteiger partial charge in [-0.2, -0.15) is 13.2 Å². The van der Waals surface area contributed by atoms with Crippen molar-refractivity contribution >= 4 is 33.0 Å². The molecule has 0 radical (unpaired) electrons. The summed E-state index contributed by atoms with van der Waals surface area (Å²) in [5, 5.41) is 1.61. The maximum Gasteiger partial charge on any atom is 0.432 e. The Morgan fingerprint density at radius 2 is 1.21 bits per heavy atom. The smallest absolute Gasteiger partial charge is 0.432 e. The number of carbonyl (C=O) groups excluding carboxylic acids is 1. The molecule has 0 saturated heterocycles. The lowest BCUT2D eigenvalue weighted by atomic mass is 9.92. The SMILES string of the molecule is CO[C@@](C(=O)O[C@H](C/C=C/CO[Si](C)(C)C(C)(C)C)CO[Si](c1ccccc1)(c1ccccc1)C(C)(C)C)(c1ccccc1)C(F)(F)F. The van der Waals surface area contributed by atoms with Crippen LogP contribution in [0.25, 0.3) is 0 Å². The van der Waals surface area contributed by atoms with Crippen molar-refractivity contribution in [2.75, 3.05) is 20.3 Å². The molecule has 0 aromatic heterocycles. The highest BCUT2D eigenvalue weighted by atomic mass is 28.4. The number of benzene rings is 3. The molecule has 0 heterocycles. The molecule has 0 bridgehead atoms. The number of rotatable bonds is 14. The van der Waals surface area contributed by atoms with Crippen LogP contribution in [0.3, 0.4) is 0 Å². The Morgan fingerprint density at radius 3 is 1.62 bits per heavy atom. The van der Waals surface area contributed by atoms with Crippen LogP contribution >= 0.6 is 0 Å². The van der Waals surface area contributed by atoms with Gasteiger partial charge in [-0.1, -0.05) is 145 Å². The van der Waals surface area contributed by atoms with Gasteiger partial charge in [0.15, 0.2) is 8.32 Å². The zero-order chi connectivity index (χ0) is 35.9. The molecule has 0 fully saturated rings. The molecule has 3 rings (SSSR count). The molecule has 0 saturated carbocycles. The zero-order valence-electron chi connectivity index (χ0n) is 29.7. The van der Waals surface area contributed by atoms with Crippen molar-refractivity contribution in [2.45, 2.75) is 89.0 Å². The minimum atomic E-state index is -5.10. The van der Waals surface area contributed by atoms with Gasteiger partial charge < -0.3 is 18.3 Å². The van der Waals surface area contributed by atoms with Gasteiger partial charge in [-0.15, -0.1) is 0 Å². The Bertz CT molecular complexity index is 1430. The lowest BCUT2D eigenvalue weighted by Gasteiger charge is -2.43. The van der Waals surface area contributed by atoms with Crippen LogP contribution in [0.2, 0.25) is 23.2 Å². The number of hydrogen-bond donors (Lipinski definition) is 0. The molecule has 0 spiro atoms. The van der Waals surface area contributed by atoms with E-state index in [1.165, 1.54) is 24.3 Å². The van der Waals surface area contributed by atoms with E-state index in [0.29, 0.717) is 6.61 Å². The van der Waals surface area contributed by atoms with Crippen molar-refractivity contribution in [3.05, 3.63) is 109 Å². The van der Waals surface area contributed by atoms with Gasteiger partial charge in [-0.3, -0.25) is 0 Å². The first-order valence-corrected chi connectivity index (χ1v) is 21.1. The summed E-state index contributed by atoms with van der Waals surface area (Å²) in [7, 11) is -4.27. The van der Waals surface area contributed by atoms with E-state index in [0.717, 1.165) is 17.5 Å². The van der Waals surface area contributed by atoms with Crippen LogP contribution in [0.1, 0.15) is 53.5 Å². The highest BCUT2D eigenvalue weighted by molar-refractivity contribution is 6.99. The van der Waals surface area contributed by atoms with E-state index in [9.17, 15) is 18.0 Å². The number of hydrogen-bond acceptors (Lipinski definition) is 5. The average molecular weight is 701 g/mol. The normalized spacial score (nSPS) is 15.2. The molecule has 2 atom stereocenters. The summed E-state index contributed by atoms with van der Waals surface area (Å²) >= 11 is 0. The standard InChI is InChI=1S/C38H51F3O5Si2/c1-35(2,3)47(8,9)44-28-20-19-23-31(46-34(42)37(43-7,38(39,40)41)30-21-13-10-14-22-30)29-45-48(36(4,5)6,32-24-15-11-16-25-32)33-26-17-12-18-27-33/h10-22,24-27,31H,23,28-29H2,1-9H3/b20-19+/t31-,37-/m1/s1. The minimum absolute atomic E-state index is 0.0149. The summed E-state index contributed by atoms with van der Waals surface area (Å²) in [5.74, 6) is -1.55. The highest BCUT2D eigenvalue weighted by Gasteiger charge is 2.64. The highest BCUT2D eigenvalue weighted by Crippen LogP contribution is 2.44. The van der Waals surface area contributed by atoms with Crippen molar-refractivity contribution < 1.29 is 36.3 Å². The molecule has 0 aliphatic rings. The molecular formula is C38H51F3O5Si2. The summed E-state index contributed by atoms with van der Waals surface area (Å²) in [6.07, 6.45) is -2.45. The summed E-state index contributed by atoms with van der Waals surface area (Å²) in [6, 6.07) is 26.6. The monoisotopic (exact) mass is 700 g/mol. The van der Waals surface area contributed by atoms with Gasteiger partial charge in [0.1, 0.15) is 6.10 Å². The molecule has 262 valence electrons. The largest absolute Gasteiger partial charge is 0.457 e. The topological polar surface area (TPSA) is 54.0 Å². The number of methoxy groups -OCH3 is 1. The number of esters is 1. The molecule has 0 N–H and O–H groups in total. The van der Waals surface area contributed by atoms with Crippen molar-refractivity contribution in [2.24, 2.45) is 0 Å². The van der Waals surface area contributed by atoms with Gasteiger partial charge in [0.2, 0.25) is 0 Å². The third-order valence-electron chi connectivity index (χ3n) is 9.26. The lowest BCUT2D eigenvalue weighted by molar-refractivity contribution is -0.278. The molecule has 0 unspecified atom stereocenters. The van der Waals surface area contributed by atoms with Gasteiger partial charge in [-0.25, -0.2) is 4.79 Å². The van der Waals surface area contributed by atoms with Crippen LogP contribution < -0.4 is 10.4 Å². The molecule has 0 aliphatic carbocycles. The van der Waals surface area contributed by atoms with Gasteiger partial charge in [-0.05, 0) is 33.5 Å². The molecule has 3 aromatic rings. The number of carbonyl (C=O) groups is 1. The molecule has 3 aromatic carbocycles. The minimum Gasteiger partial charge on any atom is -0.457 e. The molecule has 0 aliphatic heterocycles. The van der Waals surface area contributed by atoms with Gasteiger partial charge in [0.25, 0.3) is 13.9 Å². The quantitative estimate of drug-likeness (QED) is 0.0959. The number of halogens is 3. The third-order valence-corrected chi connectivity index (χ3v) is 18.8. The van der Waals surface area contributed by atoms with E-state index in [1.807, 2.05) is 66.7 Å². The van der Waals surface area contributed by atoms with Crippen molar-refractivity contribution in [1.82, 2.24) is 0 Å². The zero-order valence-corrected chi connectivity index (χ0v) is 31.7. The van der Waals surface area contributed by atoms with E-state index in [4.69, 9.17) is 18.3 Å². The van der Waals surface area contributed by atoms with E-state index >= 15 is 0 Å². The Hall–Kier alpha value is -3.03. The van der Waals surface area contributed by atoms with Gasteiger partial charge in [0.05, 0.1) is 13.2 Å². The molecule has 10 heteroatoms. The molecule has 48 heavy (non-hydrogen) atoms. The van der Waals surface area contributed by atoms with E-state index in [-0.39, 0.29) is 23.6 Å². The fourth-order valence-electron chi connectivity index (χ4n) is 5.54. The van der Waals surface area contributed by atoms with Gasteiger partial charge in [0, 0.05) is 19.1 Å². The summed E-state index contributed by atoms with van der Waals surface area (Å²) in [6.45, 7) is 17.2. The third kappa shape index (κ3) is 8.57. The average Bonchev–Trinajstić information content (AvgIpc) is 3.01. The van der Waals surface area contributed by atoms with E-state index in [2.05, 4.69) is 54.6 Å². The van der Waals surface area contributed by atoms with Gasteiger partial charge >= 0.3 is 12.1 Å². The maximum absolute atomic E-state index is 14.8. The van der Waals surface area contributed by atoms with E-state index in [1.54, 1.807) is 12.1 Å². The Morgan fingerprint density at radius 1 is 0.729 bits per heavy atom. The van der Waals surface area contributed by atoms with Crippen LogP contribution in [0.4, 0.5) is 13.2 Å². The van der Waals surface area contributed by atoms with Crippen LogP contribution in [-0.2, 0) is 28.7 Å². The van der Waals surface area contributed by atoms with Crippen LogP contribution in [0.15, 0.2) is 103 Å². The second-order valence-electron chi connectivity index (χ2n) is 14.5. The maximum atomic E-state index is 14.8. The first kappa shape index (κ1) is 39.4. The van der Waals surface area contributed by atoms with Crippen molar-refractivity contribution in [1.29, 1.82) is 0 Å². The molecule has 5 nitrogen and oxygen atoms in total. The second-order valence-corrected chi connectivity index (χ2v) is 23.6. The number of alkyl halides is 3. The first-order chi connectivity index (χ1) is 22.3.